The summed E-state index contributed by atoms with van der Waals surface area (Å²) in [4.78, 5) is 30.6. The van der Waals surface area contributed by atoms with E-state index in [0.717, 1.165) is 18.4 Å². The molecule has 3 heterocycles. The van der Waals surface area contributed by atoms with Crippen molar-refractivity contribution in [2.75, 3.05) is 27.2 Å². The molecule has 1 unspecified atom stereocenters. The summed E-state index contributed by atoms with van der Waals surface area (Å²) >= 11 is 0. The number of ether oxygens (including phenoxy) is 1. The molecule has 10 heteroatoms. The van der Waals surface area contributed by atoms with Gasteiger partial charge in [-0.3, -0.25) is 0 Å². The van der Waals surface area contributed by atoms with Crippen LogP contribution in [0.5, 0.6) is 0 Å². The third-order valence-corrected chi connectivity index (χ3v) is 5.99. The first-order valence-electron chi connectivity index (χ1n) is 12.6. The molecule has 1 aromatic carbocycles. The zero-order valence-corrected chi connectivity index (χ0v) is 22.8. The number of piperidine rings is 1. The number of aromatic nitrogens is 4. The van der Waals surface area contributed by atoms with Gasteiger partial charge in [-0.25, -0.2) is 19.8 Å². The molecule has 1 N–H and O–H groups in total. The number of aliphatic hydroxyl groups is 1. The van der Waals surface area contributed by atoms with Crippen LogP contribution in [0.1, 0.15) is 64.8 Å². The van der Waals surface area contributed by atoms with Crippen LogP contribution in [0.25, 0.3) is 16.9 Å². The molecule has 198 valence electrons. The lowest BCUT2D eigenvalue weighted by molar-refractivity contribution is 0.0196. The van der Waals surface area contributed by atoms with E-state index < -0.39 is 11.2 Å². The van der Waals surface area contributed by atoms with E-state index in [1.807, 2.05) is 70.1 Å². The molecule has 37 heavy (non-hydrogen) atoms. The number of hydrogen-bond donors (Lipinski definition) is 1. The summed E-state index contributed by atoms with van der Waals surface area (Å²) < 4.78 is 7.20. The fourth-order valence-corrected chi connectivity index (χ4v) is 4.41. The Hall–Kier alpha value is -3.53. The zero-order chi connectivity index (χ0) is 27.0. The second-order valence-corrected chi connectivity index (χ2v) is 11.2. The van der Waals surface area contributed by atoms with E-state index in [9.17, 15) is 9.90 Å². The van der Waals surface area contributed by atoms with Crippen molar-refractivity contribution >= 4 is 24.0 Å². The molecule has 1 aliphatic rings. The number of carbonyl (C=O) groups is 1. The molecule has 0 bridgehead atoms. The number of rotatable bonds is 5. The summed E-state index contributed by atoms with van der Waals surface area (Å²) in [7, 11) is 3.76. The van der Waals surface area contributed by atoms with E-state index in [-0.39, 0.29) is 12.0 Å². The number of amides is 1. The average Bonchev–Trinajstić information content (AvgIpc) is 3.26. The molecule has 3 aromatic rings. The minimum atomic E-state index is -1.25. The number of aliphatic imine (C=N–C) groups is 1. The SMILES string of the molecule is CN(C)/C=N/c1nc(-c2ccccc2)c(C(C)(C)O)c2nc(C3CCCN(C(=O)OC(C)(C)C)C3)nn12. The number of benzene rings is 1. The first kappa shape index (κ1) is 26.5. The highest BCUT2D eigenvalue weighted by Crippen LogP contribution is 2.36. The van der Waals surface area contributed by atoms with Crippen molar-refractivity contribution in [2.24, 2.45) is 4.99 Å². The van der Waals surface area contributed by atoms with Gasteiger partial charge in [0.1, 0.15) is 5.60 Å². The predicted molar refractivity (Wildman–Crippen MR) is 143 cm³/mol. The van der Waals surface area contributed by atoms with Crippen LogP contribution in [0.4, 0.5) is 10.7 Å². The van der Waals surface area contributed by atoms with E-state index in [0.29, 0.717) is 41.8 Å². The smallest absolute Gasteiger partial charge is 0.410 e. The van der Waals surface area contributed by atoms with Gasteiger partial charge in [-0.05, 0) is 47.5 Å². The van der Waals surface area contributed by atoms with Crippen LogP contribution in [0.2, 0.25) is 0 Å². The van der Waals surface area contributed by atoms with Crippen molar-refractivity contribution in [1.29, 1.82) is 0 Å². The van der Waals surface area contributed by atoms with Crippen molar-refractivity contribution in [3.8, 4) is 11.3 Å². The van der Waals surface area contributed by atoms with Crippen LogP contribution in [0.15, 0.2) is 35.3 Å². The molecule has 1 atom stereocenters. The summed E-state index contributed by atoms with van der Waals surface area (Å²) in [5.74, 6) is 0.864. The molecular weight excluding hydrogens is 470 g/mol. The first-order chi connectivity index (χ1) is 17.3. The summed E-state index contributed by atoms with van der Waals surface area (Å²) in [5.41, 5.74) is 0.706. The number of likely N-dealkylation sites (tertiary alicyclic amines) is 1. The van der Waals surface area contributed by atoms with Crippen molar-refractivity contribution in [1.82, 2.24) is 29.4 Å². The van der Waals surface area contributed by atoms with E-state index in [1.165, 1.54) is 0 Å². The Kier molecular flexibility index (Phi) is 7.23. The summed E-state index contributed by atoms with van der Waals surface area (Å²) in [6, 6.07) is 9.70. The van der Waals surface area contributed by atoms with Gasteiger partial charge in [0.15, 0.2) is 11.5 Å². The quantitative estimate of drug-likeness (QED) is 0.404. The number of hydrogen-bond acceptors (Lipinski definition) is 7. The van der Waals surface area contributed by atoms with Crippen LogP contribution in [0.3, 0.4) is 0 Å². The highest BCUT2D eigenvalue weighted by Gasteiger charge is 2.33. The number of fused-ring (bicyclic) bond motifs is 1. The maximum absolute atomic E-state index is 12.7. The van der Waals surface area contributed by atoms with E-state index in [2.05, 4.69) is 4.99 Å². The Morgan fingerprint density at radius 1 is 1.16 bits per heavy atom. The van der Waals surface area contributed by atoms with Gasteiger partial charge in [0.25, 0.3) is 5.95 Å². The Balaban J connectivity index is 1.84. The summed E-state index contributed by atoms with van der Waals surface area (Å²) in [6.45, 7) is 10.1. The lowest BCUT2D eigenvalue weighted by Crippen LogP contribution is -2.42. The van der Waals surface area contributed by atoms with E-state index >= 15 is 0 Å². The third kappa shape index (κ3) is 6.07. The van der Waals surface area contributed by atoms with Crippen LogP contribution >= 0.6 is 0 Å². The van der Waals surface area contributed by atoms with E-state index in [4.69, 9.17) is 19.8 Å². The molecule has 1 fully saturated rings. The Labute approximate surface area is 218 Å². The van der Waals surface area contributed by atoms with Crippen LogP contribution < -0.4 is 0 Å². The Morgan fingerprint density at radius 3 is 2.49 bits per heavy atom. The Bertz CT molecular complexity index is 1290. The maximum Gasteiger partial charge on any atom is 0.410 e. The van der Waals surface area contributed by atoms with Crippen molar-refractivity contribution < 1.29 is 14.6 Å². The van der Waals surface area contributed by atoms with Gasteiger partial charge in [0.2, 0.25) is 0 Å². The average molecular weight is 508 g/mol. The normalized spacial score (nSPS) is 17.0. The van der Waals surface area contributed by atoms with E-state index in [1.54, 1.807) is 29.6 Å². The highest BCUT2D eigenvalue weighted by molar-refractivity contribution is 5.74. The summed E-state index contributed by atoms with van der Waals surface area (Å²) in [6.07, 6.45) is 2.98. The first-order valence-corrected chi connectivity index (χ1v) is 12.6. The molecule has 10 nitrogen and oxygen atoms in total. The molecule has 1 saturated heterocycles. The number of carbonyl (C=O) groups excluding carboxylic acids is 1. The molecule has 1 aliphatic heterocycles. The topological polar surface area (TPSA) is 108 Å². The standard InChI is InChI=1S/C27H37N7O3/c1-26(2,3)37-25(35)33-15-11-14-19(16-33)22-30-23-20(27(4,5)36)21(18-12-9-8-10-13-18)29-24(34(23)31-22)28-17-32(6)7/h8-10,12-13,17,19,36H,11,14-16H2,1-7H3/b28-17+. The molecule has 1 amide bonds. The van der Waals surface area contributed by atoms with Gasteiger partial charge in [-0.15, -0.1) is 5.10 Å². The molecular formula is C27H37N7O3. The second-order valence-electron chi connectivity index (χ2n) is 11.2. The van der Waals surface area contributed by atoms with Crippen molar-refractivity contribution in [3.63, 3.8) is 0 Å². The van der Waals surface area contributed by atoms with Gasteiger partial charge >= 0.3 is 6.09 Å². The highest BCUT2D eigenvalue weighted by atomic mass is 16.6. The second kappa shape index (κ2) is 10.1. The van der Waals surface area contributed by atoms with Crippen LogP contribution in [-0.2, 0) is 10.3 Å². The fourth-order valence-electron chi connectivity index (χ4n) is 4.41. The predicted octanol–water partition coefficient (Wildman–Crippen LogP) is 4.35. The monoisotopic (exact) mass is 507 g/mol. The van der Waals surface area contributed by atoms with Gasteiger partial charge in [-0.1, -0.05) is 30.3 Å². The fraction of sp³-hybridized carbons (Fsp3) is 0.519. The molecule has 0 spiro atoms. The lowest BCUT2D eigenvalue weighted by Gasteiger charge is -2.33. The largest absolute Gasteiger partial charge is 0.444 e. The van der Waals surface area contributed by atoms with Crippen LogP contribution in [-0.4, -0.2) is 79.7 Å². The van der Waals surface area contributed by atoms with Gasteiger partial charge in [-0.2, -0.15) is 4.52 Å². The van der Waals surface area contributed by atoms with Crippen molar-refractivity contribution in [2.45, 2.75) is 64.6 Å². The van der Waals surface area contributed by atoms with Crippen LogP contribution in [0, 0.1) is 0 Å². The molecule has 0 aliphatic carbocycles. The minimum Gasteiger partial charge on any atom is -0.444 e. The lowest BCUT2D eigenvalue weighted by atomic mass is 9.94. The molecule has 0 radical (unpaired) electrons. The zero-order valence-electron chi connectivity index (χ0n) is 22.8. The van der Waals surface area contributed by atoms with Gasteiger partial charge in [0.05, 0.1) is 23.2 Å². The Morgan fingerprint density at radius 2 is 1.86 bits per heavy atom. The summed E-state index contributed by atoms with van der Waals surface area (Å²) in [5, 5.41) is 16.1. The van der Waals surface area contributed by atoms with Gasteiger partial charge in [0, 0.05) is 38.7 Å². The number of nitrogens with zero attached hydrogens (tertiary/aromatic N) is 7. The minimum absolute atomic E-state index is 0.0818. The van der Waals surface area contributed by atoms with Crippen molar-refractivity contribution in [3.05, 3.63) is 41.7 Å². The maximum atomic E-state index is 12.7. The molecule has 0 saturated carbocycles. The van der Waals surface area contributed by atoms with Gasteiger partial charge < -0.3 is 19.6 Å². The third-order valence-electron chi connectivity index (χ3n) is 5.99. The molecule has 2 aromatic heterocycles. The molecule has 4 rings (SSSR count).